The van der Waals surface area contributed by atoms with E-state index in [1.807, 2.05) is 0 Å². The molecule has 0 fully saturated rings. The Morgan fingerprint density at radius 2 is 1.83 bits per heavy atom. The van der Waals surface area contributed by atoms with Gasteiger partial charge in [0.05, 0.1) is 24.9 Å². The molecular weight excluding hydrogens is 320 g/mol. The Labute approximate surface area is 142 Å². The van der Waals surface area contributed by atoms with E-state index in [9.17, 15) is 4.79 Å². The molecule has 6 nitrogen and oxygen atoms in total. The predicted octanol–water partition coefficient (Wildman–Crippen LogP) is 3.69. The van der Waals surface area contributed by atoms with Gasteiger partial charge in [-0.2, -0.15) is 0 Å². The van der Waals surface area contributed by atoms with Crippen molar-refractivity contribution in [1.82, 2.24) is 5.32 Å². The van der Waals surface area contributed by atoms with Gasteiger partial charge in [-0.1, -0.05) is 24.9 Å². The first-order valence-electron chi connectivity index (χ1n) is 7.66. The molecule has 0 radical (unpaired) electrons. The van der Waals surface area contributed by atoms with Gasteiger partial charge in [-0.05, 0) is 18.9 Å². The van der Waals surface area contributed by atoms with Gasteiger partial charge in [-0.3, -0.25) is 0 Å². The normalized spacial score (nSPS) is 10.3. The molecule has 130 valence electrons. The average molecular weight is 345 g/mol. The van der Waals surface area contributed by atoms with Gasteiger partial charge in [-0.15, -0.1) is 0 Å². The van der Waals surface area contributed by atoms with E-state index in [2.05, 4.69) is 17.6 Å². The first-order valence-corrected chi connectivity index (χ1v) is 8.04. The molecule has 2 N–H and O–H groups in total. The number of hydrogen-bond donors (Lipinski definition) is 2. The summed E-state index contributed by atoms with van der Waals surface area (Å²) in [5.41, 5.74) is 0.481. The summed E-state index contributed by atoms with van der Waals surface area (Å²) in [6.45, 7) is 4.06. The third-order valence-corrected chi connectivity index (χ3v) is 3.41. The maximum atomic E-state index is 11.9. The van der Waals surface area contributed by atoms with Crippen LogP contribution in [0, 0.1) is 0 Å². The number of nitrogens with one attached hydrogen (secondary N) is 2. The van der Waals surface area contributed by atoms with Crippen molar-refractivity contribution >= 4 is 23.3 Å². The van der Waals surface area contributed by atoms with Gasteiger partial charge >= 0.3 is 6.03 Å². The first-order chi connectivity index (χ1) is 11.1. The van der Waals surface area contributed by atoms with Crippen molar-refractivity contribution in [3.05, 3.63) is 17.2 Å². The first kappa shape index (κ1) is 19.4. The molecule has 0 unspecified atom stereocenters. The highest BCUT2D eigenvalue weighted by Crippen LogP contribution is 2.35. The number of hydrogen-bond acceptors (Lipinski definition) is 4. The van der Waals surface area contributed by atoms with Gasteiger partial charge in [0.25, 0.3) is 0 Å². The van der Waals surface area contributed by atoms with Gasteiger partial charge in [0, 0.05) is 25.8 Å². The van der Waals surface area contributed by atoms with Crippen LogP contribution in [0.25, 0.3) is 0 Å². The van der Waals surface area contributed by atoms with Gasteiger partial charge < -0.3 is 24.8 Å². The molecule has 23 heavy (non-hydrogen) atoms. The number of carbonyl (C=O) groups is 1. The standard InChI is InChI=1S/C16H25ClN2O4/c1-4-5-8-23-9-6-7-18-16(20)19-13-10-12(17)14(21-2)11-15(13)22-3/h10-11H,4-9H2,1-3H3,(H2,18,19,20). The van der Waals surface area contributed by atoms with Gasteiger partial charge in [-0.25, -0.2) is 4.79 Å². The Hall–Kier alpha value is -1.66. The minimum atomic E-state index is -0.321. The Morgan fingerprint density at radius 3 is 2.48 bits per heavy atom. The highest BCUT2D eigenvalue weighted by molar-refractivity contribution is 6.32. The van der Waals surface area contributed by atoms with Gasteiger partial charge in [0.1, 0.15) is 11.5 Å². The fourth-order valence-electron chi connectivity index (χ4n) is 1.85. The van der Waals surface area contributed by atoms with Crippen LogP contribution in [0.4, 0.5) is 10.5 Å². The van der Waals surface area contributed by atoms with Crippen LogP contribution in [0.2, 0.25) is 5.02 Å². The average Bonchev–Trinajstić information content (AvgIpc) is 2.54. The molecule has 0 saturated carbocycles. The van der Waals surface area contributed by atoms with Crippen LogP contribution in [-0.2, 0) is 4.74 Å². The van der Waals surface area contributed by atoms with Crippen LogP contribution < -0.4 is 20.1 Å². The monoisotopic (exact) mass is 344 g/mol. The number of rotatable bonds is 10. The molecule has 0 aliphatic carbocycles. The Kier molecular flexibility index (Phi) is 9.24. The number of urea groups is 1. The molecule has 7 heteroatoms. The summed E-state index contributed by atoms with van der Waals surface area (Å²) in [6, 6.07) is 2.89. The maximum absolute atomic E-state index is 11.9. The fraction of sp³-hybridized carbons (Fsp3) is 0.562. The van der Waals surface area contributed by atoms with E-state index in [0.717, 1.165) is 25.9 Å². The number of anilines is 1. The topological polar surface area (TPSA) is 68.8 Å². The molecule has 0 atom stereocenters. The van der Waals surface area contributed by atoms with Crippen LogP contribution in [0.5, 0.6) is 11.5 Å². The van der Waals surface area contributed by atoms with Crippen molar-refractivity contribution in [2.24, 2.45) is 0 Å². The van der Waals surface area contributed by atoms with Crippen molar-refractivity contribution in [3.8, 4) is 11.5 Å². The summed E-state index contributed by atoms with van der Waals surface area (Å²) in [5, 5.41) is 5.87. The van der Waals surface area contributed by atoms with Crippen molar-refractivity contribution in [1.29, 1.82) is 0 Å². The molecular formula is C16H25ClN2O4. The number of ether oxygens (including phenoxy) is 3. The SMILES string of the molecule is CCCCOCCCNC(=O)Nc1cc(Cl)c(OC)cc1OC. The Bertz CT molecular complexity index is 497. The lowest BCUT2D eigenvalue weighted by Gasteiger charge is -2.13. The quantitative estimate of drug-likeness (QED) is 0.635. The molecule has 1 rings (SSSR count). The van der Waals surface area contributed by atoms with E-state index in [4.69, 9.17) is 25.8 Å². The summed E-state index contributed by atoms with van der Waals surface area (Å²) >= 11 is 6.06. The molecule has 0 heterocycles. The van der Waals surface area contributed by atoms with Crippen LogP contribution in [0.3, 0.4) is 0 Å². The molecule has 1 aromatic rings. The summed E-state index contributed by atoms with van der Waals surface area (Å²) in [5.74, 6) is 0.961. The number of methoxy groups -OCH3 is 2. The molecule has 0 bridgehead atoms. The van der Waals surface area contributed by atoms with Gasteiger partial charge in [0.2, 0.25) is 0 Å². The van der Waals surface area contributed by atoms with E-state index in [0.29, 0.717) is 35.4 Å². The number of halogens is 1. The van der Waals surface area contributed by atoms with Crippen molar-refractivity contribution in [2.75, 3.05) is 39.3 Å². The van der Waals surface area contributed by atoms with E-state index < -0.39 is 0 Å². The van der Waals surface area contributed by atoms with E-state index in [1.165, 1.54) is 14.2 Å². The lowest BCUT2D eigenvalue weighted by molar-refractivity contribution is 0.129. The Morgan fingerprint density at radius 1 is 1.13 bits per heavy atom. The molecule has 1 aromatic carbocycles. The second kappa shape index (κ2) is 11.0. The number of carbonyl (C=O) groups excluding carboxylic acids is 1. The molecule has 0 spiro atoms. The van der Waals surface area contributed by atoms with Crippen molar-refractivity contribution in [3.63, 3.8) is 0 Å². The number of benzene rings is 1. The highest BCUT2D eigenvalue weighted by Gasteiger charge is 2.12. The number of unbranched alkanes of at least 4 members (excludes halogenated alkanes) is 1. The third-order valence-electron chi connectivity index (χ3n) is 3.12. The third kappa shape index (κ3) is 6.97. The second-order valence-corrected chi connectivity index (χ2v) is 5.29. The molecule has 0 aliphatic rings. The van der Waals surface area contributed by atoms with Crippen molar-refractivity contribution in [2.45, 2.75) is 26.2 Å². The highest BCUT2D eigenvalue weighted by atomic mass is 35.5. The lowest BCUT2D eigenvalue weighted by atomic mass is 10.2. The number of amides is 2. The summed E-state index contributed by atoms with van der Waals surface area (Å²) in [4.78, 5) is 11.9. The largest absolute Gasteiger partial charge is 0.495 e. The molecule has 0 saturated heterocycles. The fourth-order valence-corrected chi connectivity index (χ4v) is 2.09. The van der Waals surface area contributed by atoms with Crippen LogP contribution in [0.15, 0.2) is 12.1 Å². The summed E-state index contributed by atoms with van der Waals surface area (Å²) in [6.07, 6.45) is 2.94. The zero-order chi connectivity index (χ0) is 17.1. The smallest absolute Gasteiger partial charge is 0.319 e. The zero-order valence-corrected chi connectivity index (χ0v) is 14.7. The maximum Gasteiger partial charge on any atom is 0.319 e. The van der Waals surface area contributed by atoms with E-state index >= 15 is 0 Å². The van der Waals surface area contributed by atoms with Crippen molar-refractivity contribution < 1.29 is 19.0 Å². The Balaban J connectivity index is 2.40. The molecule has 0 aromatic heterocycles. The van der Waals surface area contributed by atoms with Crippen LogP contribution >= 0.6 is 11.6 Å². The summed E-state index contributed by atoms with van der Waals surface area (Å²) < 4.78 is 15.8. The van der Waals surface area contributed by atoms with E-state index in [1.54, 1.807) is 12.1 Å². The summed E-state index contributed by atoms with van der Waals surface area (Å²) in [7, 11) is 3.03. The predicted molar refractivity (Wildman–Crippen MR) is 91.9 cm³/mol. The molecule has 2 amide bonds. The van der Waals surface area contributed by atoms with E-state index in [-0.39, 0.29) is 6.03 Å². The minimum absolute atomic E-state index is 0.321. The second-order valence-electron chi connectivity index (χ2n) is 4.89. The minimum Gasteiger partial charge on any atom is -0.495 e. The van der Waals surface area contributed by atoms with Gasteiger partial charge in [0.15, 0.2) is 0 Å². The zero-order valence-electron chi connectivity index (χ0n) is 13.9. The lowest BCUT2D eigenvalue weighted by Crippen LogP contribution is -2.30. The van der Waals surface area contributed by atoms with Crippen LogP contribution in [0.1, 0.15) is 26.2 Å². The molecule has 0 aliphatic heterocycles. The van der Waals surface area contributed by atoms with Crippen LogP contribution in [-0.4, -0.2) is 40.0 Å².